The van der Waals surface area contributed by atoms with Gasteiger partial charge in [-0.3, -0.25) is 4.90 Å². The number of hydrogen-bond acceptors (Lipinski definition) is 3. The van der Waals surface area contributed by atoms with Crippen LogP contribution in [-0.2, 0) is 13.1 Å². The molecule has 2 aromatic carbocycles. The zero-order chi connectivity index (χ0) is 18.1. The van der Waals surface area contributed by atoms with Gasteiger partial charge in [-0.15, -0.1) is 0 Å². The normalized spacial score (nSPS) is 18.2. The molecule has 4 nitrogen and oxygen atoms in total. The van der Waals surface area contributed by atoms with Crippen LogP contribution in [-0.4, -0.2) is 52.6 Å². The minimum atomic E-state index is 0.666. The number of imidazole rings is 1. The number of hydrogen-bond donors (Lipinski definition) is 0. The second-order valence-electron chi connectivity index (χ2n) is 7.43. The number of likely N-dealkylation sites (N-methyl/N-ethyl adjacent to an activating group) is 1. The molecule has 3 aromatic rings. The topological polar surface area (TPSA) is 24.3 Å². The fourth-order valence-electron chi connectivity index (χ4n) is 3.77. The van der Waals surface area contributed by atoms with Gasteiger partial charge in [-0.1, -0.05) is 35.9 Å². The SMILES string of the molecule is CN(C)C1CCN(Cc2ccc(Cn3cnc4ccccc43)c(Cl)c2)C1. The lowest BCUT2D eigenvalue weighted by Gasteiger charge is -2.20. The summed E-state index contributed by atoms with van der Waals surface area (Å²) in [7, 11) is 4.33. The van der Waals surface area contributed by atoms with E-state index in [1.54, 1.807) is 0 Å². The maximum absolute atomic E-state index is 6.60. The Balaban J connectivity index is 1.46. The Kier molecular flexibility index (Phi) is 4.98. The summed E-state index contributed by atoms with van der Waals surface area (Å²) in [4.78, 5) is 9.30. The molecule has 0 saturated carbocycles. The number of nitrogens with zero attached hydrogens (tertiary/aromatic N) is 4. The second kappa shape index (κ2) is 7.39. The van der Waals surface area contributed by atoms with E-state index in [1.165, 1.54) is 12.0 Å². The van der Waals surface area contributed by atoms with Crippen molar-refractivity contribution in [2.24, 2.45) is 0 Å². The highest BCUT2D eigenvalue weighted by molar-refractivity contribution is 6.31. The quantitative estimate of drug-likeness (QED) is 0.683. The molecule has 1 aliphatic heterocycles. The third-order valence-electron chi connectivity index (χ3n) is 5.37. The summed E-state index contributed by atoms with van der Waals surface area (Å²) >= 11 is 6.60. The van der Waals surface area contributed by atoms with Crippen LogP contribution in [0.2, 0.25) is 5.02 Å². The largest absolute Gasteiger partial charge is 0.326 e. The molecule has 0 amide bonds. The fourth-order valence-corrected chi connectivity index (χ4v) is 4.04. The summed E-state index contributed by atoms with van der Waals surface area (Å²) in [5.41, 5.74) is 4.57. The Bertz CT molecular complexity index is 902. The average Bonchev–Trinajstić information content (AvgIpc) is 3.25. The van der Waals surface area contributed by atoms with E-state index in [0.717, 1.165) is 47.8 Å². The molecular formula is C21H25ClN4. The molecule has 26 heavy (non-hydrogen) atoms. The van der Waals surface area contributed by atoms with Crippen LogP contribution in [0.1, 0.15) is 17.5 Å². The van der Waals surface area contributed by atoms with Crippen LogP contribution >= 0.6 is 11.6 Å². The summed E-state index contributed by atoms with van der Waals surface area (Å²) < 4.78 is 2.15. The molecule has 1 fully saturated rings. The first-order chi connectivity index (χ1) is 12.6. The summed E-state index contributed by atoms with van der Waals surface area (Å²) in [6.07, 6.45) is 3.13. The molecule has 1 aromatic heterocycles. The number of aromatic nitrogens is 2. The Morgan fingerprint density at radius 3 is 2.77 bits per heavy atom. The maximum Gasteiger partial charge on any atom is 0.0961 e. The Labute approximate surface area is 160 Å². The summed E-state index contributed by atoms with van der Waals surface area (Å²) in [5.74, 6) is 0. The minimum absolute atomic E-state index is 0.666. The monoisotopic (exact) mass is 368 g/mol. The molecule has 0 aliphatic carbocycles. The third kappa shape index (κ3) is 3.63. The third-order valence-corrected chi connectivity index (χ3v) is 5.72. The van der Waals surface area contributed by atoms with Gasteiger partial charge in [0.2, 0.25) is 0 Å². The maximum atomic E-state index is 6.60. The summed E-state index contributed by atoms with van der Waals surface area (Å²) in [5, 5.41) is 0.837. The molecule has 1 saturated heterocycles. The Morgan fingerprint density at radius 2 is 2.00 bits per heavy atom. The van der Waals surface area contributed by atoms with E-state index in [1.807, 2.05) is 24.5 Å². The van der Waals surface area contributed by atoms with Crippen LogP contribution in [0.25, 0.3) is 11.0 Å². The van der Waals surface area contributed by atoms with Gasteiger partial charge < -0.3 is 9.47 Å². The highest BCUT2D eigenvalue weighted by Crippen LogP contribution is 2.23. The number of halogens is 1. The van der Waals surface area contributed by atoms with Crippen molar-refractivity contribution in [1.82, 2.24) is 19.4 Å². The van der Waals surface area contributed by atoms with Gasteiger partial charge in [0.1, 0.15) is 0 Å². The minimum Gasteiger partial charge on any atom is -0.326 e. The molecule has 5 heteroatoms. The van der Waals surface area contributed by atoms with E-state index in [9.17, 15) is 0 Å². The highest BCUT2D eigenvalue weighted by atomic mass is 35.5. The van der Waals surface area contributed by atoms with Gasteiger partial charge in [0.15, 0.2) is 0 Å². The van der Waals surface area contributed by atoms with Crippen LogP contribution < -0.4 is 0 Å². The average molecular weight is 369 g/mol. The lowest BCUT2D eigenvalue weighted by atomic mass is 10.1. The lowest BCUT2D eigenvalue weighted by molar-refractivity contribution is 0.264. The number of rotatable bonds is 5. The van der Waals surface area contributed by atoms with Gasteiger partial charge in [0.25, 0.3) is 0 Å². The Morgan fingerprint density at radius 1 is 1.15 bits per heavy atom. The van der Waals surface area contributed by atoms with Crippen LogP contribution in [0.15, 0.2) is 48.8 Å². The van der Waals surface area contributed by atoms with E-state index in [4.69, 9.17) is 11.6 Å². The van der Waals surface area contributed by atoms with Crippen molar-refractivity contribution in [2.75, 3.05) is 27.2 Å². The van der Waals surface area contributed by atoms with Crippen molar-refractivity contribution in [1.29, 1.82) is 0 Å². The van der Waals surface area contributed by atoms with Crippen molar-refractivity contribution in [3.8, 4) is 0 Å². The van der Waals surface area contributed by atoms with Crippen molar-refractivity contribution >= 4 is 22.6 Å². The van der Waals surface area contributed by atoms with E-state index in [2.05, 4.69) is 57.7 Å². The molecule has 1 aliphatic rings. The van der Waals surface area contributed by atoms with Crippen LogP contribution in [0.3, 0.4) is 0 Å². The molecule has 0 spiro atoms. The first-order valence-corrected chi connectivity index (χ1v) is 9.54. The molecule has 0 bridgehead atoms. The van der Waals surface area contributed by atoms with Crippen LogP contribution in [0.5, 0.6) is 0 Å². The number of para-hydroxylation sites is 2. The smallest absolute Gasteiger partial charge is 0.0961 e. The fraction of sp³-hybridized carbons (Fsp3) is 0.381. The first kappa shape index (κ1) is 17.5. The standard InChI is InChI=1S/C21H25ClN4/c1-24(2)18-9-10-25(14-18)12-16-7-8-17(19(22)11-16)13-26-15-23-20-5-3-4-6-21(20)26/h3-8,11,15,18H,9-10,12-14H2,1-2H3. The van der Waals surface area contributed by atoms with Crippen molar-refractivity contribution in [3.63, 3.8) is 0 Å². The molecule has 1 atom stereocenters. The first-order valence-electron chi connectivity index (χ1n) is 9.16. The van der Waals surface area contributed by atoms with Crippen LogP contribution in [0.4, 0.5) is 0 Å². The highest BCUT2D eigenvalue weighted by Gasteiger charge is 2.23. The zero-order valence-corrected chi connectivity index (χ0v) is 16.2. The molecule has 0 radical (unpaired) electrons. The lowest BCUT2D eigenvalue weighted by Crippen LogP contribution is -2.31. The van der Waals surface area contributed by atoms with E-state index in [-0.39, 0.29) is 0 Å². The molecule has 136 valence electrons. The van der Waals surface area contributed by atoms with Gasteiger partial charge in [0.05, 0.1) is 23.9 Å². The van der Waals surface area contributed by atoms with Crippen molar-refractivity contribution in [2.45, 2.75) is 25.6 Å². The molecule has 0 N–H and O–H groups in total. The number of benzene rings is 2. The zero-order valence-electron chi connectivity index (χ0n) is 15.4. The van der Waals surface area contributed by atoms with E-state index in [0.29, 0.717) is 6.04 Å². The molecule has 4 rings (SSSR count). The number of fused-ring (bicyclic) bond motifs is 1. The van der Waals surface area contributed by atoms with Crippen LogP contribution in [0, 0.1) is 0 Å². The predicted molar refractivity (Wildman–Crippen MR) is 108 cm³/mol. The second-order valence-corrected chi connectivity index (χ2v) is 7.84. The van der Waals surface area contributed by atoms with Gasteiger partial charge in [-0.25, -0.2) is 4.98 Å². The van der Waals surface area contributed by atoms with Crippen molar-refractivity contribution in [3.05, 3.63) is 64.9 Å². The Hall–Kier alpha value is -1.88. The predicted octanol–water partition coefficient (Wildman–Crippen LogP) is 3.87. The molecule has 1 unspecified atom stereocenters. The van der Waals surface area contributed by atoms with Crippen molar-refractivity contribution < 1.29 is 0 Å². The van der Waals surface area contributed by atoms with E-state index >= 15 is 0 Å². The van der Waals surface area contributed by atoms with Gasteiger partial charge in [-0.2, -0.15) is 0 Å². The van der Waals surface area contributed by atoms with Gasteiger partial charge in [-0.05, 0) is 49.8 Å². The van der Waals surface area contributed by atoms with E-state index < -0.39 is 0 Å². The molecular weight excluding hydrogens is 344 g/mol. The molecule has 2 heterocycles. The number of likely N-dealkylation sites (tertiary alicyclic amines) is 1. The van der Waals surface area contributed by atoms with Gasteiger partial charge in [0, 0.05) is 30.7 Å². The summed E-state index contributed by atoms with van der Waals surface area (Å²) in [6, 6.07) is 15.4. The summed E-state index contributed by atoms with van der Waals surface area (Å²) in [6.45, 7) is 4.00. The van der Waals surface area contributed by atoms with Gasteiger partial charge >= 0.3 is 0 Å².